The summed E-state index contributed by atoms with van der Waals surface area (Å²) in [7, 11) is 2.94. The van der Waals surface area contributed by atoms with Crippen molar-refractivity contribution in [1.29, 1.82) is 0 Å². The standard InChI is InChI=1S/C16H25F3N6O2/c1-12(26)24-8-10-25(11-9-24)14(20-2)22-5-4-15(27,16(17,18)19)13-21-6-7-23(13)3/h6-7,27H,4-5,8-11H2,1-3H3,(H,20,22). The number of aliphatic hydroxyl groups is 1. The van der Waals surface area contributed by atoms with Crippen molar-refractivity contribution in [1.82, 2.24) is 24.7 Å². The van der Waals surface area contributed by atoms with Crippen molar-refractivity contribution >= 4 is 11.9 Å². The molecule has 11 heteroatoms. The average molecular weight is 390 g/mol. The fourth-order valence-electron chi connectivity index (χ4n) is 3.07. The van der Waals surface area contributed by atoms with Gasteiger partial charge in [-0.2, -0.15) is 13.2 Å². The van der Waals surface area contributed by atoms with Gasteiger partial charge >= 0.3 is 6.18 Å². The first kappa shape index (κ1) is 21.0. The summed E-state index contributed by atoms with van der Waals surface area (Å²) in [6.07, 6.45) is -2.92. The molecule has 1 aliphatic rings. The molecule has 0 saturated carbocycles. The summed E-state index contributed by atoms with van der Waals surface area (Å²) in [6.45, 7) is 3.46. The van der Waals surface area contributed by atoms with E-state index in [1.165, 1.54) is 33.4 Å². The van der Waals surface area contributed by atoms with Gasteiger partial charge in [-0.3, -0.25) is 9.79 Å². The fourth-order valence-corrected chi connectivity index (χ4v) is 3.07. The number of imidazole rings is 1. The molecule has 1 atom stereocenters. The molecule has 1 saturated heterocycles. The second-order valence-electron chi connectivity index (χ2n) is 6.44. The maximum Gasteiger partial charge on any atom is 0.424 e. The zero-order valence-electron chi connectivity index (χ0n) is 15.6. The smallest absolute Gasteiger partial charge is 0.374 e. The molecular weight excluding hydrogens is 365 g/mol. The van der Waals surface area contributed by atoms with E-state index < -0.39 is 24.0 Å². The summed E-state index contributed by atoms with van der Waals surface area (Å²) >= 11 is 0. The number of aryl methyl sites for hydroxylation is 1. The summed E-state index contributed by atoms with van der Waals surface area (Å²) in [6, 6.07) is 0. The summed E-state index contributed by atoms with van der Waals surface area (Å²) in [5.41, 5.74) is -3.07. The third-order valence-corrected chi connectivity index (χ3v) is 4.67. The van der Waals surface area contributed by atoms with Crippen LogP contribution in [0.3, 0.4) is 0 Å². The van der Waals surface area contributed by atoms with Crippen LogP contribution < -0.4 is 5.32 Å². The Labute approximate surface area is 155 Å². The Bertz CT molecular complexity index is 682. The minimum atomic E-state index is -4.87. The molecule has 1 unspecified atom stereocenters. The highest BCUT2D eigenvalue weighted by molar-refractivity contribution is 5.80. The predicted molar refractivity (Wildman–Crippen MR) is 93.0 cm³/mol. The molecule has 2 heterocycles. The van der Waals surface area contributed by atoms with E-state index in [-0.39, 0.29) is 12.5 Å². The van der Waals surface area contributed by atoms with Crippen LogP contribution in [0.15, 0.2) is 17.4 Å². The van der Waals surface area contributed by atoms with Crippen LogP contribution in [0.1, 0.15) is 19.2 Å². The second kappa shape index (κ2) is 8.15. The number of piperazine rings is 1. The quantitative estimate of drug-likeness (QED) is 0.571. The minimum Gasteiger partial charge on any atom is -0.374 e. The van der Waals surface area contributed by atoms with E-state index in [1.54, 1.807) is 4.90 Å². The molecule has 0 bridgehead atoms. The van der Waals surface area contributed by atoms with E-state index in [9.17, 15) is 23.1 Å². The number of hydrogen-bond acceptors (Lipinski definition) is 4. The summed E-state index contributed by atoms with van der Waals surface area (Å²) < 4.78 is 41.7. The van der Waals surface area contributed by atoms with Crippen molar-refractivity contribution in [3.63, 3.8) is 0 Å². The number of alkyl halides is 3. The van der Waals surface area contributed by atoms with E-state index in [2.05, 4.69) is 15.3 Å². The molecular formula is C16H25F3N6O2. The Kier molecular flexibility index (Phi) is 6.34. The van der Waals surface area contributed by atoms with E-state index in [0.29, 0.717) is 32.1 Å². The molecule has 152 valence electrons. The summed E-state index contributed by atoms with van der Waals surface area (Å²) in [4.78, 5) is 22.7. The second-order valence-corrected chi connectivity index (χ2v) is 6.44. The lowest BCUT2D eigenvalue weighted by molar-refractivity contribution is -0.272. The van der Waals surface area contributed by atoms with E-state index in [0.717, 1.165) is 4.57 Å². The molecule has 1 fully saturated rings. The molecule has 0 spiro atoms. The molecule has 0 aromatic carbocycles. The van der Waals surface area contributed by atoms with Crippen molar-refractivity contribution in [2.24, 2.45) is 12.0 Å². The van der Waals surface area contributed by atoms with Crippen molar-refractivity contribution < 1.29 is 23.1 Å². The molecule has 2 N–H and O–H groups in total. The van der Waals surface area contributed by atoms with Crippen molar-refractivity contribution in [2.75, 3.05) is 39.8 Å². The van der Waals surface area contributed by atoms with Gasteiger partial charge in [0.15, 0.2) is 5.96 Å². The fraction of sp³-hybridized carbons (Fsp3) is 0.688. The third kappa shape index (κ3) is 4.52. The Morgan fingerprint density at radius 1 is 1.30 bits per heavy atom. The molecule has 27 heavy (non-hydrogen) atoms. The number of halogens is 3. The maximum atomic E-state index is 13.5. The Morgan fingerprint density at radius 2 is 1.89 bits per heavy atom. The van der Waals surface area contributed by atoms with Crippen LogP contribution in [-0.4, -0.2) is 82.3 Å². The topological polar surface area (TPSA) is 86.0 Å². The molecule has 8 nitrogen and oxygen atoms in total. The highest BCUT2D eigenvalue weighted by atomic mass is 19.4. The lowest BCUT2D eigenvalue weighted by Gasteiger charge is -2.36. The van der Waals surface area contributed by atoms with E-state index >= 15 is 0 Å². The average Bonchev–Trinajstić information content (AvgIpc) is 3.04. The lowest BCUT2D eigenvalue weighted by atomic mass is 9.97. The van der Waals surface area contributed by atoms with E-state index in [1.807, 2.05) is 4.90 Å². The monoisotopic (exact) mass is 390 g/mol. The van der Waals surface area contributed by atoms with Gasteiger partial charge in [-0.05, 0) is 0 Å². The molecule has 1 amide bonds. The molecule has 1 aromatic heterocycles. The predicted octanol–water partition coefficient (Wildman–Crippen LogP) is 0.300. The third-order valence-electron chi connectivity index (χ3n) is 4.67. The largest absolute Gasteiger partial charge is 0.424 e. The number of amides is 1. The molecule has 2 rings (SSSR count). The van der Waals surface area contributed by atoms with Gasteiger partial charge in [-0.1, -0.05) is 0 Å². The summed E-state index contributed by atoms with van der Waals surface area (Å²) in [5.74, 6) is -0.0349. The minimum absolute atomic E-state index is 0.0112. The van der Waals surface area contributed by atoms with Crippen LogP contribution >= 0.6 is 0 Å². The number of hydrogen-bond donors (Lipinski definition) is 2. The van der Waals surface area contributed by atoms with Crippen LogP contribution in [0, 0.1) is 0 Å². The Hall–Kier alpha value is -2.30. The van der Waals surface area contributed by atoms with Crippen LogP contribution in [0.4, 0.5) is 13.2 Å². The van der Waals surface area contributed by atoms with Gasteiger partial charge in [0.05, 0.1) is 0 Å². The first-order valence-corrected chi connectivity index (χ1v) is 8.58. The lowest BCUT2D eigenvalue weighted by Crippen LogP contribution is -2.54. The first-order valence-electron chi connectivity index (χ1n) is 8.58. The van der Waals surface area contributed by atoms with Gasteiger partial charge < -0.3 is 24.8 Å². The normalized spacial score (nSPS) is 18.4. The molecule has 0 aliphatic carbocycles. The number of carbonyl (C=O) groups is 1. The SMILES string of the molecule is CN=C(NCCC(O)(c1nccn1C)C(F)(F)F)N1CCN(C(C)=O)CC1. The number of nitrogens with zero attached hydrogens (tertiary/aromatic N) is 5. The highest BCUT2D eigenvalue weighted by Crippen LogP contribution is 2.40. The Balaban J connectivity index is 2.00. The van der Waals surface area contributed by atoms with Crippen molar-refractivity contribution in [2.45, 2.75) is 25.1 Å². The number of guanidine groups is 1. The van der Waals surface area contributed by atoms with E-state index in [4.69, 9.17) is 0 Å². The number of nitrogens with one attached hydrogen (secondary N) is 1. The number of aliphatic imine (C=N–C) groups is 1. The van der Waals surface area contributed by atoms with Gasteiger partial charge in [0.1, 0.15) is 5.82 Å². The zero-order chi connectivity index (χ0) is 20.2. The molecule has 1 aromatic rings. The van der Waals surface area contributed by atoms with Crippen molar-refractivity contribution in [3.05, 3.63) is 18.2 Å². The molecule has 1 aliphatic heterocycles. The van der Waals surface area contributed by atoms with Gasteiger partial charge in [-0.15, -0.1) is 0 Å². The van der Waals surface area contributed by atoms with Crippen LogP contribution in [0.25, 0.3) is 0 Å². The first-order chi connectivity index (χ1) is 12.6. The van der Waals surface area contributed by atoms with Crippen molar-refractivity contribution in [3.8, 4) is 0 Å². The van der Waals surface area contributed by atoms with Crippen LogP contribution in [-0.2, 0) is 17.4 Å². The number of carbonyl (C=O) groups excluding carboxylic acids is 1. The Morgan fingerprint density at radius 3 is 2.33 bits per heavy atom. The van der Waals surface area contributed by atoms with Crippen LogP contribution in [0.5, 0.6) is 0 Å². The highest BCUT2D eigenvalue weighted by Gasteiger charge is 2.57. The number of rotatable bonds is 4. The van der Waals surface area contributed by atoms with Gasteiger partial charge in [-0.25, -0.2) is 4.98 Å². The summed E-state index contributed by atoms with van der Waals surface area (Å²) in [5, 5.41) is 13.2. The maximum absolute atomic E-state index is 13.5. The van der Waals surface area contributed by atoms with Gasteiger partial charge in [0.2, 0.25) is 11.5 Å². The van der Waals surface area contributed by atoms with Gasteiger partial charge in [0, 0.05) is 72.6 Å². The van der Waals surface area contributed by atoms with Gasteiger partial charge in [0.25, 0.3) is 0 Å². The number of aromatic nitrogens is 2. The van der Waals surface area contributed by atoms with Crippen LogP contribution in [0.2, 0.25) is 0 Å². The zero-order valence-corrected chi connectivity index (χ0v) is 15.6. The molecule has 0 radical (unpaired) electrons.